The third-order valence-electron chi connectivity index (χ3n) is 3.45. The fourth-order valence-electron chi connectivity index (χ4n) is 2.44. The Morgan fingerprint density at radius 2 is 2.25 bits per heavy atom. The summed E-state index contributed by atoms with van der Waals surface area (Å²) in [6.07, 6.45) is 4.01. The van der Waals surface area contributed by atoms with Crippen LogP contribution in [-0.4, -0.2) is 22.6 Å². The number of hydrogen-bond donors (Lipinski definition) is 2. The molecule has 20 heavy (non-hydrogen) atoms. The highest BCUT2D eigenvalue weighted by atomic mass is 19.2. The maximum Gasteiger partial charge on any atom is 0.159 e. The van der Waals surface area contributed by atoms with Gasteiger partial charge in [0.15, 0.2) is 11.6 Å². The molecule has 1 fully saturated rings. The lowest BCUT2D eigenvalue weighted by Gasteiger charge is -2.20. The zero-order valence-corrected chi connectivity index (χ0v) is 10.8. The number of aromatic nitrogens is 2. The molecule has 1 aromatic carbocycles. The summed E-state index contributed by atoms with van der Waals surface area (Å²) >= 11 is 0. The van der Waals surface area contributed by atoms with Crippen LogP contribution in [0.1, 0.15) is 23.9 Å². The highest BCUT2D eigenvalue weighted by Crippen LogP contribution is 2.30. The second-order valence-corrected chi connectivity index (χ2v) is 4.78. The van der Waals surface area contributed by atoms with Gasteiger partial charge in [-0.05, 0) is 24.1 Å². The van der Waals surface area contributed by atoms with E-state index >= 15 is 0 Å². The largest absolute Gasteiger partial charge is 0.372 e. The molecular weight excluding hydrogens is 264 g/mol. The highest BCUT2D eigenvalue weighted by molar-refractivity contribution is 5.22. The smallest absolute Gasteiger partial charge is 0.159 e. The molecular formula is C14H15F2N3O. The molecule has 0 unspecified atom stereocenters. The van der Waals surface area contributed by atoms with Crippen molar-refractivity contribution in [1.82, 2.24) is 15.3 Å². The van der Waals surface area contributed by atoms with Crippen LogP contribution < -0.4 is 5.32 Å². The van der Waals surface area contributed by atoms with Gasteiger partial charge in [0.1, 0.15) is 5.82 Å². The van der Waals surface area contributed by atoms with Crippen molar-refractivity contribution in [3.63, 3.8) is 0 Å². The van der Waals surface area contributed by atoms with Crippen molar-refractivity contribution in [3.05, 3.63) is 53.6 Å². The number of nitrogens with zero attached hydrogens (tertiary/aromatic N) is 1. The minimum Gasteiger partial charge on any atom is -0.372 e. The average Bonchev–Trinajstić information content (AvgIpc) is 3.10. The third kappa shape index (κ3) is 2.71. The number of H-pyrrole nitrogens is 1. The zero-order chi connectivity index (χ0) is 13.9. The van der Waals surface area contributed by atoms with E-state index in [1.54, 1.807) is 18.5 Å². The van der Waals surface area contributed by atoms with Gasteiger partial charge in [-0.25, -0.2) is 13.8 Å². The quantitative estimate of drug-likeness (QED) is 0.903. The molecule has 0 saturated carbocycles. The second kappa shape index (κ2) is 5.68. The van der Waals surface area contributed by atoms with E-state index in [-0.39, 0.29) is 12.1 Å². The topological polar surface area (TPSA) is 49.9 Å². The van der Waals surface area contributed by atoms with E-state index in [9.17, 15) is 8.78 Å². The molecule has 0 bridgehead atoms. The molecule has 106 valence electrons. The van der Waals surface area contributed by atoms with Crippen LogP contribution in [0.25, 0.3) is 0 Å². The first kappa shape index (κ1) is 13.2. The van der Waals surface area contributed by atoms with Crippen LogP contribution in [0.5, 0.6) is 0 Å². The van der Waals surface area contributed by atoms with Gasteiger partial charge in [-0.3, -0.25) is 0 Å². The Hall–Kier alpha value is -1.79. The molecule has 0 aliphatic carbocycles. The molecule has 3 rings (SSSR count). The van der Waals surface area contributed by atoms with Crippen LogP contribution in [0.4, 0.5) is 8.78 Å². The highest BCUT2D eigenvalue weighted by Gasteiger charge is 2.29. The summed E-state index contributed by atoms with van der Waals surface area (Å²) in [5.74, 6) is -0.851. The number of ether oxygens (including phenoxy) is 1. The van der Waals surface area contributed by atoms with E-state index in [2.05, 4.69) is 15.3 Å². The Morgan fingerprint density at radius 3 is 3.00 bits per heavy atom. The fourth-order valence-corrected chi connectivity index (χ4v) is 2.44. The van der Waals surface area contributed by atoms with Crippen LogP contribution in [0, 0.1) is 11.6 Å². The van der Waals surface area contributed by atoms with Gasteiger partial charge in [0.05, 0.1) is 12.6 Å². The van der Waals surface area contributed by atoms with Gasteiger partial charge in [0, 0.05) is 25.0 Å². The molecule has 0 radical (unpaired) electrons. The number of aromatic amines is 1. The standard InChI is InChI=1S/C14H15F2N3O/c15-10-2-1-9(7-11(10)16)14-12(3-6-20-14)19-8-13-17-4-5-18-13/h1-2,4-5,7,12,14,19H,3,6,8H2,(H,17,18)/t12-,14-/m1/s1. The molecule has 0 spiro atoms. The number of halogens is 2. The first-order valence-corrected chi connectivity index (χ1v) is 6.52. The lowest BCUT2D eigenvalue weighted by atomic mass is 10.0. The van der Waals surface area contributed by atoms with E-state index in [0.717, 1.165) is 18.3 Å². The van der Waals surface area contributed by atoms with Crippen LogP contribution in [0.3, 0.4) is 0 Å². The van der Waals surface area contributed by atoms with Gasteiger partial charge in [-0.15, -0.1) is 0 Å². The Morgan fingerprint density at radius 1 is 1.35 bits per heavy atom. The van der Waals surface area contributed by atoms with Crippen molar-refractivity contribution in [3.8, 4) is 0 Å². The summed E-state index contributed by atoms with van der Waals surface area (Å²) in [5, 5.41) is 3.33. The summed E-state index contributed by atoms with van der Waals surface area (Å²) in [5.41, 5.74) is 0.651. The maximum atomic E-state index is 13.3. The summed E-state index contributed by atoms with van der Waals surface area (Å²) in [6.45, 7) is 1.18. The van der Waals surface area contributed by atoms with Crippen molar-refractivity contribution >= 4 is 0 Å². The molecule has 2 atom stereocenters. The van der Waals surface area contributed by atoms with Gasteiger partial charge in [0.25, 0.3) is 0 Å². The molecule has 1 aliphatic heterocycles. The van der Waals surface area contributed by atoms with Crippen LogP contribution in [0.2, 0.25) is 0 Å². The van der Waals surface area contributed by atoms with Crippen molar-refractivity contribution in [2.45, 2.75) is 25.1 Å². The summed E-state index contributed by atoms with van der Waals surface area (Å²) < 4.78 is 31.9. The van der Waals surface area contributed by atoms with Crippen LogP contribution in [0.15, 0.2) is 30.6 Å². The summed E-state index contributed by atoms with van der Waals surface area (Å²) in [4.78, 5) is 7.14. The lowest BCUT2D eigenvalue weighted by Crippen LogP contribution is -2.31. The first-order valence-electron chi connectivity index (χ1n) is 6.52. The van der Waals surface area contributed by atoms with E-state index in [4.69, 9.17) is 4.74 Å². The van der Waals surface area contributed by atoms with E-state index in [1.807, 2.05) is 0 Å². The molecule has 2 N–H and O–H groups in total. The molecule has 1 saturated heterocycles. The van der Waals surface area contributed by atoms with Crippen molar-refractivity contribution in [1.29, 1.82) is 0 Å². The monoisotopic (exact) mass is 279 g/mol. The molecule has 2 aromatic rings. The zero-order valence-electron chi connectivity index (χ0n) is 10.8. The Labute approximate surface area is 115 Å². The van der Waals surface area contributed by atoms with Gasteiger partial charge in [-0.2, -0.15) is 0 Å². The third-order valence-corrected chi connectivity index (χ3v) is 3.45. The Bertz CT molecular complexity index is 574. The Kier molecular flexibility index (Phi) is 3.75. The van der Waals surface area contributed by atoms with Gasteiger partial charge < -0.3 is 15.0 Å². The molecule has 1 aromatic heterocycles. The number of imidazole rings is 1. The number of hydrogen-bond acceptors (Lipinski definition) is 3. The van der Waals surface area contributed by atoms with E-state index < -0.39 is 11.6 Å². The second-order valence-electron chi connectivity index (χ2n) is 4.78. The molecule has 1 aliphatic rings. The molecule has 6 heteroatoms. The summed E-state index contributed by atoms with van der Waals surface area (Å²) in [6, 6.07) is 3.96. The maximum absolute atomic E-state index is 13.3. The summed E-state index contributed by atoms with van der Waals surface area (Å²) in [7, 11) is 0. The Balaban J connectivity index is 1.69. The molecule has 4 nitrogen and oxygen atoms in total. The van der Waals surface area contributed by atoms with E-state index in [0.29, 0.717) is 18.7 Å². The van der Waals surface area contributed by atoms with Gasteiger partial charge in [-0.1, -0.05) is 6.07 Å². The normalized spacial score (nSPS) is 22.3. The average molecular weight is 279 g/mol. The van der Waals surface area contributed by atoms with Crippen molar-refractivity contribution in [2.75, 3.05) is 6.61 Å². The SMILES string of the molecule is Fc1ccc([C@H]2OCC[C@H]2NCc2ncc[nH]2)cc1F. The van der Waals surface area contributed by atoms with Gasteiger partial charge in [0.2, 0.25) is 0 Å². The number of benzene rings is 1. The van der Waals surface area contributed by atoms with Crippen LogP contribution in [-0.2, 0) is 11.3 Å². The van der Waals surface area contributed by atoms with Crippen LogP contribution >= 0.6 is 0 Å². The van der Waals surface area contributed by atoms with Crippen molar-refractivity contribution < 1.29 is 13.5 Å². The minimum atomic E-state index is -0.845. The van der Waals surface area contributed by atoms with E-state index in [1.165, 1.54) is 6.07 Å². The molecule has 2 heterocycles. The first-order chi connectivity index (χ1) is 9.74. The molecule has 0 amide bonds. The lowest BCUT2D eigenvalue weighted by molar-refractivity contribution is 0.0980. The van der Waals surface area contributed by atoms with Crippen molar-refractivity contribution in [2.24, 2.45) is 0 Å². The van der Waals surface area contributed by atoms with Gasteiger partial charge >= 0.3 is 0 Å². The number of rotatable bonds is 4. The predicted octanol–water partition coefficient (Wildman–Crippen LogP) is 2.31. The number of nitrogens with one attached hydrogen (secondary N) is 2. The fraction of sp³-hybridized carbons (Fsp3) is 0.357. The minimum absolute atomic E-state index is 0.0601. The predicted molar refractivity (Wildman–Crippen MR) is 68.9 cm³/mol.